The van der Waals surface area contributed by atoms with Crippen molar-refractivity contribution in [1.29, 1.82) is 5.26 Å². The van der Waals surface area contributed by atoms with E-state index >= 15 is 0 Å². The first kappa shape index (κ1) is 13.7. The molecule has 0 spiro atoms. The summed E-state index contributed by atoms with van der Waals surface area (Å²) in [7, 11) is 0. The number of halogens is 1. The van der Waals surface area contributed by atoms with E-state index in [1.165, 1.54) is 0 Å². The van der Waals surface area contributed by atoms with Gasteiger partial charge in [-0.25, -0.2) is 0 Å². The number of thioether (sulfide) groups is 2. The van der Waals surface area contributed by atoms with Crippen molar-refractivity contribution < 1.29 is 0 Å². The Morgan fingerprint density at radius 2 is 2.17 bits per heavy atom. The zero-order valence-electron chi connectivity index (χ0n) is 9.38. The zero-order valence-corrected chi connectivity index (χ0v) is 12.6. The molecule has 0 aliphatic heterocycles. The van der Waals surface area contributed by atoms with E-state index in [4.69, 9.17) is 16.9 Å². The van der Waals surface area contributed by atoms with E-state index in [1.54, 1.807) is 47.0 Å². The maximum atomic E-state index is 8.76. The molecular weight excluding hydrogens is 306 g/mol. The summed E-state index contributed by atoms with van der Waals surface area (Å²) in [6, 6.07) is 7.40. The standard InChI is InChI=1S/C11H8ClN3S3/c1-16-10-14-15-11(18-10)17-6-8-3-2-7(5-13)4-9(8)12/h2-4H,6H2,1H3. The molecule has 1 heterocycles. The molecular formula is C11H8ClN3S3. The van der Waals surface area contributed by atoms with Crippen LogP contribution < -0.4 is 0 Å². The van der Waals surface area contributed by atoms with Gasteiger partial charge in [0, 0.05) is 10.8 Å². The lowest BCUT2D eigenvalue weighted by atomic mass is 10.2. The number of nitrogens with zero attached hydrogens (tertiary/aromatic N) is 3. The van der Waals surface area contributed by atoms with Crippen LogP contribution in [0.25, 0.3) is 0 Å². The number of nitriles is 1. The lowest BCUT2D eigenvalue weighted by molar-refractivity contribution is 0.955. The van der Waals surface area contributed by atoms with Gasteiger partial charge in [-0.3, -0.25) is 0 Å². The summed E-state index contributed by atoms with van der Waals surface area (Å²) in [6.07, 6.45) is 1.98. The molecule has 0 aliphatic carbocycles. The van der Waals surface area contributed by atoms with Crippen molar-refractivity contribution in [2.75, 3.05) is 6.26 Å². The summed E-state index contributed by atoms with van der Waals surface area (Å²) >= 11 is 10.9. The van der Waals surface area contributed by atoms with Crippen LogP contribution in [0.2, 0.25) is 5.02 Å². The minimum Gasteiger partial charge on any atom is -0.192 e. The Morgan fingerprint density at radius 1 is 1.39 bits per heavy atom. The highest BCUT2D eigenvalue weighted by molar-refractivity contribution is 8.02. The Morgan fingerprint density at radius 3 is 2.78 bits per heavy atom. The van der Waals surface area contributed by atoms with Crippen molar-refractivity contribution in [3.63, 3.8) is 0 Å². The molecule has 1 aromatic heterocycles. The Hall–Kier alpha value is -0.740. The Labute approximate surface area is 123 Å². The molecule has 0 bridgehead atoms. The van der Waals surface area contributed by atoms with Crippen LogP contribution >= 0.6 is 46.5 Å². The van der Waals surface area contributed by atoms with Crippen molar-refractivity contribution in [1.82, 2.24) is 10.2 Å². The van der Waals surface area contributed by atoms with Crippen molar-refractivity contribution in [3.8, 4) is 6.07 Å². The number of hydrogen-bond donors (Lipinski definition) is 0. The lowest BCUT2D eigenvalue weighted by Crippen LogP contribution is -1.84. The fraction of sp³-hybridized carbons (Fsp3) is 0.182. The van der Waals surface area contributed by atoms with Gasteiger partial charge >= 0.3 is 0 Å². The molecule has 0 saturated carbocycles. The molecule has 0 unspecified atom stereocenters. The predicted molar refractivity (Wildman–Crippen MR) is 77.4 cm³/mol. The van der Waals surface area contributed by atoms with Gasteiger partial charge in [0.05, 0.1) is 11.6 Å². The normalized spacial score (nSPS) is 10.3. The van der Waals surface area contributed by atoms with Gasteiger partial charge in [-0.15, -0.1) is 10.2 Å². The van der Waals surface area contributed by atoms with Crippen molar-refractivity contribution in [3.05, 3.63) is 34.3 Å². The minimum absolute atomic E-state index is 0.578. The number of benzene rings is 1. The largest absolute Gasteiger partial charge is 0.192 e. The first-order valence-corrected chi connectivity index (χ1v) is 8.32. The van der Waals surface area contributed by atoms with Crippen LogP contribution in [-0.4, -0.2) is 16.5 Å². The van der Waals surface area contributed by atoms with Gasteiger partial charge < -0.3 is 0 Å². The van der Waals surface area contributed by atoms with Gasteiger partial charge in [0.2, 0.25) is 0 Å². The third-order valence-electron chi connectivity index (χ3n) is 2.10. The molecule has 0 amide bonds. The second-order valence-corrected chi connectivity index (χ2v) is 6.91. The highest BCUT2D eigenvalue weighted by atomic mass is 35.5. The Balaban J connectivity index is 2.04. The summed E-state index contributed by atoms with van der Waals surface area (Å²) in [5.74, 6) is 0.730. The van der Waals surface area contributed by atoms with Gasteiger partial charge in [-0.05, 0) is 24.0 Å². The molecule has 0 fully saturated rings. The van der Waals surface area contributed by atoms with Gasteiger partial charge in [0.1, 0.15) is 0 Å². The second kappa shape index (κ2) is 6.43. The Bertz CT molecular complexity index is 591. The number of aromatic nitrogens is 2. The average Bonchev–Trinajstić information content (AvgIpc) is 2.85. The molecule has 3 nitrogen and oxygen atoms in total. The highest BCUT2D eigenvalue weighted by Gasteiger charge is 2.07. The maximum absolute atomic E-state index is 8.76. The highest BCUT2D eigenvalue weighted by Crippen LogP contribution is 2.31. The first-order valence-electron chi connectivity index (χ1n) is 4.91. The van der Waals surface area contributed by atoms with Crippen LogP contribution in [0.15, 0.2) is 26.9 Å². The predicted octanol–water partition coefficient (Wildman–Crippen LogP) is 4.08. The van der Waals surface area contributed by atoms with Crippen LogP contribution in [0.4, 0.5) is 0 Å². The quantitative estimate of drug-likeness (QED) is 0.796. The molecule has 0 atom stereocenters. The first-order chi connectivity index (χ1) is 8.72. The molecule has 2 rings (SSSR count). The van der Waals surface area contributed by atoms with Crippen molar-refractivity contribution in [2.24, 2.45) is 0 Å². The lowest BCUT2D eigenvalue weighted by Gasteiger charge is -2.02. The summed E-state index contributed by atoms with van der Waals surface area (Å²) in [5, 5.41) is 17.5. The minimum atomic E-state index is 0.578. The molecule has 0 N–H and O–H groups in total. The molecule has 0 radical (unpaired) electrons. The molecule has 7 heteroatoms. The van der Waals surface area contributed by atoms with Gasteiger partial charge in [0.15, 0.2) is 8.68 Å². The van der Waals surface area contributed by atoms with Crippen LogP contribution in [0.3, 0.4) is 0 Å². The second-order valence-electron chi connectivity index (χ2n) is 3.24. The van der Waals surface area contributed by atoms with E-state index in [-0.39, 0.29) is 0 Å². The molecule has 0 aliphatic rings. The molecule has 0 saturated heterocycles. The average molecular weight is 314 g/mol. The fourth-order valence-electron chi connectivity index (χ4n) is 1.21. The van der Waals surface area contributed by atoms with Gasteiger partial charge in [-0.2, -0.15) is 5.26 Å². The monoisotopic (exact) mass is 313 g/mol. The zero-order chi connectivity index (χ0) is 13.0. The molecule has 1 aromatic carbocycles. The Kier molecular flexibility index (Phi) is 4.89. The van der Waals surface area contributed by atoms with Crippen LogP contribution in [0, 0.1) is 11.3 Å². The summed E-state index contributed by atoms with van der Waals surface area (Å²) in [4.78, 5) is 0. The fourth-order valence-corrected chi connectivity index (χ4v) is 3.98. The van der Waals surface area contributed by atoms with Crippen LogP contribution in [0.5, 0.6) is 0 Å². The van der Waals surface area contributed by atoms with E-state index in [2.05, 4.69) is 16.3 Å². The van der Waals surface area contributed by atoms with E-state index in [1.807, 2.05) is 12.3 Å². The summed E-state index contributed by atoms with van der Waals surface area (Å²) < 4.78 is 1.89. The number of rotatable bonds is 4. The van der Waals surface area contributed by atoms with Crippen molar-refractivity contribution >= 4 is 46.5 Å². The number of hydrogen-bond acceptors (Lipinski definition) is 6. The van der Waals surface area contributed by atoms with Gasteiger partial charge in [0.25, 0.3) is 0 Å². The van der Waals surface area contributed by atoms with E-state index in [9.17, 15) is 0 Å². The van der Waals surface area contributed by atoms with E-state index in [0.717, 1.165) is 20.0 Å². The maximum Gasteiger partial charge on any atom is 0.175 e. The molecule has 92 valence electrons. The third-order valence-corrected chi connectivity index (χ3v) is 5.53. The topological polar surface area (TPSA) is 49.6 Å². The van der Waals surface area contributed by atoms with Crippen LogP contribution in [-0.2, 0) is 5.75 Å². The SMILES string of the molecule is CSc1nnc(SCc2ccc(C#N)cc2Cl)s1. The van der Waals surface area contributed by atoms with Gasteiger partial charge in [-0.1, -0.05) is 52.5 Å². The van der Waals surface area contributed by atoms with Crippen LogP contribution in [0.1, 0.15) is 11.1 Å². The van der Waals surface area contributed by atoms with Crippen molar-refractivity contribution in [2.45, 2.75) is 14.4 Å². The van der Waals surface area contributed by atoms with E-state index in [0.29, 0.717) is 10.6 Å². The third kappa shape index (κ3) is 3.39. The molecule has 2 aromatic rings. The molecule has 18 heavy (non-hydrogen) atoms. The smallest absolute Gasteiger partial charge is 0.175 e. The summed E-state index contributed by atoms with van der Waals surface area (Å²) in [6.45, 7) is 0. The van der Waals surface area contributed by atoms with E-state index < -0.39 is 0 Å². The summed E-state index contributed by atoms with van der Waals surface area (Å²) in [5.41, 5.74) is 1.58.